The molecule has 0 saturated carbocycles. The summed E-state index contributed by atoms with van der Waals surface area (Å²) >= 11 is 1.51. The molecule has 8 heteroatoms. The van der Waals surface area contributed by atoms with E-state index in [0.717, 1.165) is 39.9 Å². The minimum atomic E-state index is -3.22. The van der Waals surface area contributed by atoms with Gasteiger partial charge in [-0.2, -0.15) is 0 Å². The predicted molar refractivity (Wildman–Crippen MR) is 101 cm³/mol. The van der Waals surface area contributed by atoms with Crippen molar-refractivity contribution in [1.29, 1.82) is 0 Å². The van der Waals surface area contributed by atoms with Crippen molar-refractivity contribution in [1.82, 2.24) is 9.97 Å². The van der Waals surface area contributed by atoms with E-state index in [4.69, 9.17) is 0 Å². The van der Waals surface area contributed by atoms with Crippen molar-refractivity contribution < 1.29 is 8.42 Å². The van der Waals surface area contributed by atoms with E-state index >= 15 is 0 Å². The van der Waals surface area contributed by atoms with Crippen LogP contribution in [0.2, 0.25) is 0 Å². The molecule has 0 unspecified atom stereocenters. The summed E-state index contributed by atoms with van der Waals surface area (Å²) in [7, 11) is -3.22. The molecule has 1 N–H and O–H groups in total. The van der Waals surface area contributed by atoms with Gasteiger partial charge in [-0.1, -0.05) is 12.1 Å². The molecule has 128 valence electrons. The predicted octanol–water partition coefficient (Wildman–Crippen LogP) is 3.27. The number of aromatic nitrogens is 2. The Morgan fingerprint density at radius 3 is 2.88 bits per heavy atom. The van der Waals surface area contributed by atoms with Gasteiger partial charge in [0.25, 0.3) is 0 Å². The van der Waals surface area contributed by atoms with Crippen LogP contribution in [0.5, 0.6) is 0 Å². The molecule has 0 amide bonds. The molecule has 3 heterocycles. The number of thiazole rings is 1. The van der Waals surface area contributed by atoms with Crippen LogP contribution in [0, 0.1) is 0 Å². The average Bonchev–Trinajstić information content (AvgIpc) is 3.21. The first-order chi connectivity index (χ1) is 12.0. The molecular formula is C17H16N4O2S2. The number of fused-ring (bicyclic) bond motifs is 1. The quantitative estimate of drug-likeness (QED) is 0.761. The molecule has 0 bridgehead atoms. The largest absolute Gasteiger partial charge is 0.316 e. The molecule has 6 nitrogen and oxygen atoms in total. The fourth-order valence-corrected chi connectivity index (χ4v) is 4.57. The Labute approximate surface area is 150 Å². The van der Waals surface area contributed by atoms with E-state index in [1.807, 2.05) is 41.8 Å². The number of hydrogen-bond acceptors (Lipinski definition) is 6. The molecule has 0 aliphatic carbocycles. The van der Waals surface area contributed by atoms with Crippen LogP contribution in [0.1, 0.15) is 5.56 Å². The van der Waals surface area contributed by atoms with Gasteiger partial charge in [0.05, 0.1) is 17.6 Å². The molecule has 3 aromatic rings. The Morgan fingerprint density at radius 1 is 1.24 bits per heavy atom. The number of hydrogen-bond donors (Lipinski definition) is 1. The van der Waals surface area contributed by atoms with Crippen molar-refractivity contribution in [3.8, 4) is 11.3 Å². The number of nitrogens with one attached hydrogen (secondary N) is 1. The monoisotopic (exact) mass is 372 g/mol. The third kappa shape index (κ3) is 3.22. The average molecular weight is 372 g/mol. The summed E-state index contributed by atoms with van der Waals surface area (Å²) in [5.74, 6) is 0.751. The van der Waals surface area contributed by atoms with Crippen molar-refractivity contribution in [2.75, 3.05) is 22.4 Å². The molecule has 0 saturated heterocycles. The summed E-state index contributed by atoms with van der Waals surface area (Å²) < 4.78 is 25.1. The molecule has 25 heavy (non-hydrogen) atoms. The number of anilines is 3. The normalized spacial score (nSPS) is 13.7. The van der Waals surface area contributed by atoms with Gasteiger partial charge in [-0.25, -0.2) is 18.4 Å². The molecule has 1 aliphatic heterocycles. The topological polar surface area (TPSA) is 75.2 Å². The summed E-state index contributed by atoms with van der Waals surface area (Å²) in [5, 5.41) is 5.93. The Morgan fingerprint density at radius 2 is 2.12 bits per heavy atom. The van der Waals surface area contributed by atoms with Gasteiger partial charge in [-0.05, 0) is 36.2 Å². The van der Waals surface area contributed by atoms with Crippen molar-refractivity contribution in [3.05, 3.63) is 53.5 Å². The molecule has 0 atom stereocenters. The zero-order chi connectivity index (χ0) is 17.4. The maximum atomic E-state index is 11.8. The summed E-state index contributed by atoms with van der Waals surface area (Å²) in [6.07, 6.45) is 3.69. The standard InChI is InChI=1S/C17H16N4O2S2/c1-25(22,23)21-9-7-13-10-12(5-6-15(13)21)14-11-24-17(19-14)20-16-4-2-3-8-18-16/h2-6,8,10-11H,7,9H2,1H3,(H,18,19,20). The van der Waals surface area contributed by atoms with Gasteiger partial charge in [0, 0.05) is 23.7 Å². The summed E-state index contributed by atoms with van der Waals surface area (Å²) in [4.78, 5) is 8.83. The number of nitrogens with zero attached hydrogens (tertiary/aromatic N) is 3. The molecule has 4 rings (SSSR count). The van der Waals surface area contributed by atoms with E-state index in [1.165, 1.54) is 21.9 Å². The van der Waals surface area contributed by atoms with Crippen molar-refractivity contribution in [2.45, 2.75) is 6.42 Å². The zero-order valence-electron chi connectivity index (χ0n) is 13.5. The number of sulfonamides is 1. The van der Waals surface area contributed by atoms with Gasteiger partial charge in [0.1, 0.15) is 5.82 Å². The van der Waals surface area contributed by atoms with Crippen LogP contribution in [0.15, 0.2) is 48.0 Å². The van der Waals surface area contributed by atoms with E-state index in [-0.39, 0.29) is 0 Å². The first kappa shape index (κ1) is 16.0. The highest BCUT2D eigenvalue weighted by Gasteiger charge is 2.26. The van der Waals surface area contributed by atoms with Crippen molar-refractivity contribution in [2.24, 2.45) is 0 Å². The minimum Gasteiger partial charge on any atom is -0.316 e. The van der Waals surface area contributed by atoms with E-state index in [0.29, 0.717) is 6.54 Å². The third-order valence-electron chi connectivity index (χ3n) is 4.03. The van der Waals surface area contributed by atoms with Crippen molar-refractivity contribution in [3.63, 3.8) is 0 Å². The van der Waals surface area contributed by atoms with E-state index in [1.54, 1.807) is 6.20 Å². The second-order valence-corrected chi connectivity index (χ2v) is 8.57. The lowest BCUT2D eigenvalue weighted by Gasteiger charge is -2.16. The number of benzene rings is 1. The molecular weight excluding hydrogens is 356 g/mol. The molecule has 0 fully saturated rings. The lowest BCUT2D eigenvalue weighted by atomic mass is 10.1. The Hall–Kier alpha value is -2.45. The van der Waals surface area contributed by atoms with Gasteiger partial charge < -0.3 is 5.32 Å². The Bertz CT molecular complexity index is 1020. The van der Waals surface area contributed by atoms with Gasteiger partial charge >= 0.3 is 0 Å². The molecule has 1 aliphatic rings. The molecule has 0 radical (unpaired) electrons. The van der Waals surface area contributed by atoms with E-state index in [9.17, 15) is 8.42 Å². The lowest BCUT2D eigenvalue weighted by molar-refractivity contribution is 0.598. The first-order valence-corrected chi connectivity index (χ1v) is 10.5. The Kier molecular flexibility index (Phi) is 3.93. The Balaban J connectivity index is 1.60. The number of pyridine rings is 1. The van der Waals surface area contributed by atoms with Gasteiger partial charge in [0.2, 0.25) is 10.0 Å². The molecule has 0 spiro atoms. The smallest absolute Gasteiger partial charge is 0.232 e. The fourth-order valence-electron chi connectivity index (χ4n) is 2.89. The minimum absolute atomic E-state index is 0.501. The second kappa shape index (κ2) is 6.12. The highest BCUT2D eigenvalue weighted by molar-refractivity contribution is 7.92. The SMILES string of the molecule is CS(=O)(=O)N1CCc2cc(-c3csc(Nc4ccccn4)n3)ccc21. The van der Waals surface area contributed by atoms with E-state index < -0.39 is 10.0 Å². The van der Waals surface area contributed by atoms with E-state index in [2.05, 4.69) is 15.3 Å². The van der Waals surface area contributed by atoms with Crippen LogP contribution in [-0.4, -0.2) is 31.2 Å². The van der Waals surface area contributed by atoms with Crippen LogP contribution < -0.4 is 9.62 Å². The summed E-state index contributed by atoms with van der Waals surface area (Å²) in [6, 6.07) is 11.5. The number of rotatable bonds is 4. The molecule has 1 aromatic carbocycles. The zero-order valence-corrected chi connectivity index (χ0v) is 15.1. The highest BCUT2D eigenvalue weighted by atomic mass is 32.2. The van der Waals surface area contributed by atoms with Crippen LogP contribution in [0.3, 0.4) is 0 Å². The second-order valence-electron chi connectivity index (χ2n) is 5.81. The van der Waals surface area contributed by atoms with Crippen LogP contribution in [-0.2, 0) is 16.4 Å². The third-order valence-corrected chi connectivity index (χ3v) is 5.97. The van der Waals surface area contributed by atoms with Crippen LogP contribution in [0.4, 0.5) is 16.6 Å². The van der Waals surface area contributed by atoms with Gasteiger partial charge in [-0.15, -0.1) is 11.3 Å². The molecule has 2 aromatic heterocycles. The van der Waals surface area contributed by atoms with Crippen LogP contribution >= 0.6 is 11.3 Å². The summed E-state index contributed by atoms with van der Waals surface area (Å²) in [5.41, 5.74) is 3.66. The van der Waals surface area contributed by atoms with Crippen LogP contribution in [0.25, 0.3) is 11.3 Å². The first-order valence-electron chi connectivity index (χ1n) is 7.75. The lowest BCUT2D eigenvalue weighted by Crippen LogP contribution is -2.27. The maximum absolute atomic E-state index is 11.8. The fraction of sp³-hybridized carbons (Fsp3) is 0.176. The summed E-state index contributed by atoms with van der Waals surface area (Å²) in [6.45, 7) is 0.501. The van der Waals surface area contributed by atoms with Gasteiger partial charge in [-0.3, -0.25) is 4.31 Å². The highest BCUT2D eigenvalue weighted by Crippen LogP contribution is 2.34. The van der Waals surface area contributed by atoms with Gasteiger partial charge in [0.15, 0.2) is 5.13 Å². The maximum Gasteiger partial charge on any atom is 0.232 e. The van der Waals surface area contributed by atoms with Crippen molar-refractivity contribution >= 4 is 38.0 Å².